The Labute approximate surface area is 151 Å². The number of nitrogens with one attached hydrogen (secondary N) is 2. The summed E-state index contributed by atoms with van der Waals surface area (Å²) in [5.74, 6) is -3.56. The van der Waals surface area contributed by atoms with Crippen molar-refractivity contribution in [2.45, 2.75) is 33.4 Å². The fraction of sp³-hybridized carbons (Fsp3) is 0.300. The van der Waals surface area contributed by atoms with Crippen LogP contribution in [0, 0.1) is 24.5 Å². The van der Waals surface area contributed by atoms with Gasteiger partial charge in [0, 0.05) is 6.54 Å². The second-order valence-electron chi connectivity index (χ2n) is 6.50. The van der Waals surface area contributed by atoms with Crippen LogP contribution in [0.15, 0.2) is 42.5 Å². The summed E-state index contributed by atoms with van der Waals surface area (Å²) in [6.07, 6.45) is 0. The number of hydrogen-bond donors (Lipinski definition) is 2. The maximum atomic E-state index is 13.8. The van der Waals surface area contributed by atoms with Crippen LogP contribution >= 0.6 is 0 Å². The summed E-state index contributed by atoms with van der Waals surface area (Å²) in [6.45, 7) is 5.75. The van der Waals surface area contributed by atoms with E-state index >= 15 is 0 Å². The molecule has 2 amide bonds. The summed E-state index contributed by atoms with van der Waals surface area (Å²) in [7, 11) is 0. The standard InChI is InChI=1S/C20H22F2N2O2/c1-12(2)18(20(26)23-11-14-9-7-13(3)8-10-14)24-19(25)17-15(21)5-4-6-16(17)22/h4-10,12,18H,11H2,1-3H3,(H,23,26)(H,24,25). The van der Waals surface area contributed by atoms with Gasteiger partial charge in [-0.3, -0.25) is 9.59 Å². The van der Waals surface area contributed by atoms with Gasteiger partial charge in [-0.05, 0) is 30.5 Å². The van der Waals surface area contributed by atoms with Gasteiger partial charge in [-0.1, -0.05) is 49.7 Å². The number of benzene rings is 2. The fourth-order valence-electron chi connectivity index (χ4n) is 2.47. The second kappa shape index (κ2) is 8.56. The molecule has 26 heavy (non-hydrogen) atoms. The first kappa shape index (κ1) is 19.6. The van der Waals surface area contributed by atoms with Crippen LogP contribution in [-0.4, -0.2) is 17.9 Å². The zero-order valence-electron chi connectivity index (χ0n) is 15.0. The SMILES string of the molecule is Cc1ccc(CNC(=O)C(NC(=O)c2c(F)cccc2F)C(C)C)cc1. The molecular weight excluding hydrogens is 338 g/mol. The van der Waals surface area contributed by atoms with Gasteiger partial charge in [-0.25, -0.2) is 8.78 Å². The summed E-state index contributed by atoms with van der Waals surface area (Å²) >= 11 is 0. The van der Waals surface area contributed by atoms with E-state index in [2.05, 4.69) is 10.6 Å². The molecule has 0 aliphatic heterocycles. The van der Waals surface area contributed by atoms with Gasteiger partial charge in [0.15, 0.2) is 0 Å². The van der Waals surface area contributed by atoms with Gasteiger partial charge in [-0.2, -0.15) is 0 Å². The molecule has 2 N–H and O–H groups in total. The molecule has 0 aliphatic rings. The maximum Gasteiger partial charge on any atom is 0.257 e. The number of hydrogen-bond acceptors (Lipinski definition) is 2. The maximum absolute atomic E-state index is 13.8. The quantitative estimate of drug-likeness (QED) is 0.830. The second-order valence-corrected chi connectivity index (χ2v) is 6.50. The molecular formula is C20H22F2N2O2. The molecule has 0 spiro atoms. The third kappa shape index (κ3) is 4.88. The summed E-state index contributed by atoms with van der Waals surface area (Å²) in [4.78, 5) is 24.7. The van der Waals surface area contributed by atoms with E-state index < -0.39 is 35.1 Å². The summed E-state index contributed by atoms with van der Waals surface area (Å²) in [6, 6.07) is 9.93. The van der Waals surface area contributed by atoms with Crippen molar-refractivity contribution in [3.05, 3.63) is 70.8 Å². The third-order valence-electron chi connectivity index (χ3n) is 4.01. The number of halogens is 2. The largest absolute Gasteiger partial charge is 0.350 e. The molecule has 2 rings (SSSR count). The van der Waals surface area contributed by atoms with Gasteiger partial charge in [0.25, 0.3) is 5.91 Å². The van der Waals surface area contributed by atoms with Gasteiger partial charge in [0.05, 0.1) is 0 Å². The molecule has 0 saturated heterocycles. The van der Waals surface area contributed by atoms with Crippen molar-refractivity contribution in [2.75, 3.05) is 0 Å². The lowest BCUT2D eigenvalue weighted by molar-refractivity contribution is -0.124. The predicted octanol–water partition coefficient (Wildman–Crippen LogP) is 3.34. The van der Waals surface area contributed by atoms with Crippen molar-refractivity contribution in [3.63, 3.8) is 0 Å². The highest BCUT2D eigenvalue weighted by Crippen LogP contribution is 2.13. The fourth-order valence-corrected chi connectivity index (χ4v) is 2.47. The van der Waals surface area contributed by atoms with E-state index in [-0.39, 0.29) is 5.92 Å². The van der Waals surface area contributed by atoms with Gasteiger partial charge in [0.2, 0.25) is 5.91 Å². The van der Waals surface area contributed by atoms with Crippen LogP contribution in [0.1, 0.15) is 35.3 Å². The summed E-state index contributed by atoms with van der Waals surface area (Å²) in [5, 5.41) is 5.17. The summed E-state index contributed by atoms with van der Waals surface area (Å²) < 4.78 is 27.5. The Balaban J connectivity index is 2.06. The summed E-state index contributed by atoms with van der Waals surface area (Å²) in [5.41, 5.74) is 1.33. The van der Waals surface area contributed by atoms with E-state index in [1.165, 1.54) is 6.07 Å². The van der Waals surface area contributed by atoms with Crippen molar-refractivity contribution in [1.29, 1.82) is 0 Å². The number of carbonyl (C=O) groups is 2. The zero-order chi connectivity index (χ0) is 19.3. The Morgan fingerprint density at radius 1 is 1.00 bits per heavy atom. The number of rotatable bonds is 6. The molecule has 0 aromatic heterocycles. The smallest absolute Gasteiger partial charge is 0.257 e. The molecule has 0 fully saturated rings. The lowest BCUT2D eigenvalue weighted by atomic mass is 10.0. The van der Waals surface area contributed by atoms with Crippen LogP contribution in [-0.2, 0) is 11.3 Å². The number of carbonyl (C=O) groups excluding carboxylic acids is 2. The van der Waals surface area contributed by atoms with Crippen molar-refractivity contribution in [1.82, 2.24) is 10.6 Å². The molecule has 4 nitrogen and oxygen atoms in total. The molecule has 6 heteroatoms. The van der Waals surface area contributed by atoms with Crippen LogP contribution in [0.2, 0.25) is 0 Å². The average Bonchev–Trinajstić information content (AvgIpc) is 2.58. The number of aryl methyl sites for hydroxylation is 1. The Kier molecular flexibility index (Phi) is 6.44. The molecule has 0 bridgehead atoms. The molecule has 1 atom stereocenters. The molecule has 0 aliphatic carbocycles. The minimum absolute atomic E-state index is 0.258. The highest BCUT2D eigenvalue weighted by atomic mass is 19.1. The van der Waals surface area contributed by atoms with Crippen molar-refractivity contribution in [3.8, 4) is 0 Å². The van der Waals surface area contributed by atoms with Crippen molar-refractivity contribution in [2.24, 2.45) is 5.92 Å². The van der Waals surface area contributed by atoms with Gasteiger partial charge in [0.1, 0.15) is 23.2 Å². The zero-order valence-corrected chi connectivity index (χ0v) is 15.0. The van der Waals surface area contributed by atoms with Crippen LogP contribution < -0.4 is 10.6 Å². The minimum Gasteiger partial charge on any atom is -0.350 e. The van der Waals surface area contributed by atoms with E-state index in [0.717, 1.165) is 23.3 Å². The van der Waals surface area contributed by atoms with E-state index in [1.807, 2.05) is 31.2 Å². The Bertz CT molecular complexity index is 769. The highest BCUT2D eigenvalue weighted by Gasteiger charge is 2.27. The first-order valence-corrected chi connectivity index (χ1v) is 8.37. The molecule has 0 heterocycles. The molecule has 2 aromatic rings. The van der Waals surface area contributed by atoms with E-state index in [9.17, 15) is 18.4 Å². The highest BCUT2D eigenvalue weighted by molar-refractivity contribution is 5.98. The van der Waals surface area contributed by atoms with E-state index in [1.54, 1.807) is 13.8 Å². The molecule has 0 radical (unpaired) electrons. The van der Waals surface area contributed by atoms with Crippen LogP contribution in [0.25, 0.3) is 0 Å². The van der Waals surface area contributed by atoms with Crippen LogP contribution in [0.3, 0.4) is 0 Å². The number of amides is 2. The van der Waals surface area contributed by atoms with Gasteiger partial charge in [-0.15, -0.1) is 0 Å². The first-order chi connectivity index (χ1) is 12.3. The minimum atomic E-state index is -0.968. The van der Waals surface area contributed by atoms with Gasteiger partial charge >= 0.3 is 0 Å². The average molecular weight is 360 g/mol. The topological polar surface area (TPSA) is 58.2 Å². The lowest BCUT2D eigenvalue weighted by Gasteiger charge is -2.22. The van der Waals surface area contributed by atoms with E-state index in [0.29, 0.717) is 6.54 Å². The monoisotopic (exact) mass is 360 g/mol. The molecule has 2 aromatic carbocycles. The lowest BCUT2D eigenvalue weighted by Crippen LogP contribution is -2.49. The Morgan fingerprint density at radius 3 is 2.12 bits per heavy atom. The van der Waals surface area contributed by atoms with Gasteiger partial charge < -0.3 is 10.6 Å². The molecule has 0 saturated carbocycles. The first-order valence-electron chi connectivity index (χ1n) is 8.37. The normalized spacial score (nSPS) is 11.9. The van der Waals surface area contributed by atoms with Crippen molar-refractivity contribution < 1.29 is 18.4 Å². The Morgan fingerprint density at radius 2 is 1.58 bits per heavy atom. The third-order valence-corrected chi connectivity index (χ3v) is 4.01. The molecule has 1 unspecified atom stereocenters. The van der Waals surface area contributed by atoms with Crippen molar-refractivity contribution >= 4 is 11.8 Å². The van der Waals surface area contributed by atoms with E-state index in [4.69, 9.17) is 0 Å². The van der Waals surface area contributed by atoms with Crippen LogP contribution in [0.5, 0.6) is 0 Å². The van der Waals surface area contributed by atoms with Crippen LogP contribution in [0.4, 0.5) is 8.78 Å². The molecule has 138 valence electrons. The Hall–Kier alpha value is -2.76. The predicted molar refractivity (Wildman–Crippen MR) is 95.5 cm³/mol.